The SMILES string of the molecule is CC(C)c1ccc(S(=O)(=O)Nc2ccc(Cl)c3c2C(=O)N(C2=CCC/C=C/N=C2)C3=O)cc1. The van der Waals surface area contributed by atoms with Crippen LogP contribution in [-0.2, 0) is 10.0 Å². The molecule has 0 unspecified atom stereocenters. The third-order valence-corrected chi connectivity index (χ3v) is 7.13. The highest BCUT2D eigenvalue weighted by atomic mass is 35.5. The van der Waals surface area contributed by atoms with Gasteiger partial charge in [0.15, 0.2) is 0 Å². The number of carbonyl (C=O) groups excluding carboxylic acids is 2. The van der Waals surface area contributed by atoms with Gasteiger partial charge in [0.05, 0.1) is 38.6 Å². The average molecular weight is 484 g/mol. The Morgan fingerprint density at radius 1 is 1.00 bits per heavy atom. The Morgan fingerprint density at radius 2 is 1.70 bits per heavy atom. The lowest BCUT2D eigenvalue weighted by Gasteiger charge is -2.15. The number of amides is 2. The standard InChI is InChI=1S/C24H22ClN3O4S/c1-15(2)16-7-9-18(10-8-16)33(31,32)27-20-12-11-19(25)21-22(20)24(30)28(23(21)29)17-6-4-3-5-13-26-14-17/h5-15,27H,3-4H2,1-2H3/b13-5+,17-6?,26-14?. The predicted molar refractivity (Wildman–Crippen MR) is 128 cm³/mol. The van der Waals surface area contributed by atoms with Crippen LogP contribution in [0.2, 0.25) is 5.02 Å². The molecule has 2 aliphatic heterocycles. The number of allylic oxidation sites excluding steroid dienone is 3. The zero-order valence-corrected chi connectivity index (χ0v) is 19.7. The van der Waals surface area contributed by atoms with E-state index >= 15 is 0 Å². The first-order valence-corrected chi connectivity index (χ1v) is 12.3. The Bertz CT molecular complexity index is 1330. The quantitative estimate of drug-likeness (QED) is 0.597. The topological polar surface area (TPSA) is 95.9 Å². The van der Waals surface area contributed by atoms with E-state index in [0.717, 1.165) is 10.5 Å². The van der Waals surface area contributed by atoms with Gasteiger partial charge in [-0.3, -0.25) is 19.3 Å². The normalized spacial score (nSPS) is 17.0. The summed E-state index contributed by atoms with van der Waals surface area (Å²) in [7, 11) is -4.01. The highest BCUT2D eigenvalue weighted by Gasteiger charge is 2.41. The van der Waals surface area contributed by atoms with Crippen LogP contribution in [0.4, 0.5) is 5.69 Å². The van der Waals surface area contributed by atoms with Crippen molar-refractivity contribution in [1.29, 1.82) is 0 Å². The van der Waals surface area contributed by atoms with Gasteiger partial charge in [0.1, 0.15) is 0 Å². The molecule has 7 nitrogen and oxygen atoms in total. The fourth-order valence-corrected chi connectivity index (χ4v) is 4.97. The molecule has 2 heterocycles. The zero-order chi connectivity index (χ0) is 23.8. The largest absolute Gasteiger partial charge is 0.279 e. The fourth-order valence-electron chi connectivity index (χ4n) is 3.66. The van der Waals surface area contributed by atoms with Crippen LogP contribution in [0, 0.1) is 0 Å². The maximum absolute atomic E-state index is 13.3. The maximum Gasteiger partial charge on any atom is 0.268 e. The van der Waals surface area contributed by atoms with Crippen LogP contribution in [0.15, 0.2) is 70.3 Å². The lowest BCUT2D eigenvalue weighted by molar-refractivity contribution is 0.0713. The number of fused-ring (bicyclic) bond motifs is 1. The van der Waals surface area contributed by atoms with Gasteiger partial charge >= 0.3 is 0 Å². The van der Waals surface area contributed by atoms with Gasteiger partial charge in [0, 0.05) is 6.20 Å². The van der Waals surface area contributed by atoms with Crippen LogP contribution in [0.1, 0.15) is 58.9 Å². The van der Waals surface area contributed by atoms with Gasteiger partial charge in [0.25, 0.3) is 21.8 Å². The van der Waals surface area contributed by atoms with Gasteiger partial charge < -0.3 is 0 Å². The van der Waals surface area contributed by atoms with Crippen LogP contribution in [0.5, 0.6) is 0 Å². The smallest absolute Gasteiger partial charge is 0.268 e. The number of nitrogens with one attached hydrogen (secondary N) is 1. The molecule has 0 aromatic heterocycles. The van der Waals surface area contributed by atoms with Gasteiger partial charge in [-0.2, -0.15) is 0 Å². The number of hydrogen-bond donors (Lipinski definition) is 1. The summed E-state index contributed by atoms with van der Waals surface area (Å²) in [5, 5.41) is 0.0679. The molecule has 2 aromatic rings. The number of hydrogen-bond acceptors (Lipinski definition) is 5. The molecular weight excluding hydrogens is 462 g/mol. The Balaban J connectivity index is 1.72. The summed E-state index contributed by atoms with van der Waals surface area (Å²) in [6, 6.07) is 9.30. The molecule has 0 saturated carbocycles. The summed E-state index contributed by atoms with van der Waals surface area (Å²) in [4.78, 5) is 31.6. The monoisotopic (exact) mass is 483 g/mol. The minimum Gasteiger partial charge on any atom is -0.279 e. The molecule has 2 aliphatic rings. The van der Waals surface area contributed by atoms with E-state index in [9.17, 15) is 18.0 Å². The molecule has 0 atom stereocenters. The number of nitrogens with zero attached hydrogens (tertiary/aromatic N) is 2. The predicted octanol–water partition coefficient (Wildman–Crippen LogP) is 5.12. The first kappa shape index (κ1) is 22.9. The second-order valence-corrected chi connectivity index (χ2v) is 10.1. The van der Waals surface area contributed by atoms with E-state index < -0.39 is 21.8 Å². The second-order valence-electron chi connectivity index (χ2n) is 7.99. The van der Waals surface area contributed by atoms with E-state index in [1.807, 2.05) is 19.9 Å². The molecule has 0 fully saturated rings. The van der Waals surface area contributed by atoms with Crippen LogP contribution < -0.4 is 4.72 Å². The second kappa shape index (κ2) is 8.96. The number of carbonyl (C=O) groups is 2. The zero-order valence-electron chi connectivity index (χ0n) is 18.1. The molecule has 0 bridgehead atoms. The van der Waals surface area contributed by atoms with Gasteiger partial charge in [-0.15, -0.1) is 0 Å². The third-order valence-electron chi connectivity index (χ3n) is 5.43. The van der Waals surface area contributed by atoms with Crippen molar-refractivity contribution in [2.45, 2.75) is 37.5 Å². The fraction of sp³-hybridized carbons (Fsp3) is 0.208. The van der Waals surface area contributed by atoms with E-state index in [-0.39, 0.29) is 32.7 Å². The molecule has 4 rings (SSSR count). The van der Waals surface area contributed by atoms with Crippen molar-refractivity contribution >= 4 is 45.3 Å². The molecule has 33 heavy (non-hydrogen) atoms. The molecule has 2 aromatic carbocycles. The van der Waals surface area contributed by atoms with Crippen molar-refractivity contribution in [3.8, 4) is 0 Å². The molecule has 0 spiro atoms. The number of rotatable bonds is 5. The van der Waals surface area contributed by atoms with Gasteiger partial charge in [0.2, 0.25) is 0 Å². The van der Waals surface area contributed by atoms with Gasteiger partial charge in [-0.1, -0.05) is 49.7 Å². The maximum atomic E-state index is 13.3. The van der Waals surface area contributed by atoms with Crippen molar-refractivity contribution in [1.82, 2.24) is 4.90 Å². The highest BCUT2D eigenvalue weighted by molar-refractivity contribution is 7.92. The van der Waals surface area contributed by atoms with E-state index in [1.165, 1.54) is 30.5 Å². The molecule has 9 heteroatoms. The molecule has 170 valence electrons. The van der Waals surface area contributed by atoms with E-state index in [4.69, 9.17) is 11.6 Å². The summed E-state index contributed by atoms with van der Waals surface area (Å²) in [5.74, 6) is -1.03. The summed E-state index contributed by atoms with van der Waals surface area (Å²) >= 11 is 6.26. The number of aliphatic imine (C=N–C) groups is 1. The van der Waals surface area contributed by atoms with E-state index in [0.29, 0.717) is 18.5 Å². The third kappa shape index (κ3) is 4.36. The highest BCUT2D eigenvalue weighted by Crippen LogP contribution is 2.37. The minimum absolute atomic E-state index is 0.00790. The van der Waals surface area contributed by atoms with Crippen molar-refractivity contribution in [2.75, 3.05) is 4.72 Å². The molecule has 1 N–H and O–H groups in total. The van der Waals surface area contributed by atoms with Gasteiger partial charge in [-0.05, 0) is 48.6 Å². The first-order chi connectivity index (χ1) is 15.7. The first-order valence-electron chi connectivity index (χ1n) is 10.4. The lowest BCUT2D eigenvalue weighted by atomic mass is 10.0. The van der Waals surface area contributed by atoms with Crippen molar-refractivity contribution in [3.63, 3.8) is 0 Å². The Hall–Kier alpha value is -3.23. The summed E-state index contributed by atoms with van der Waals surface area (Å²) < 4.78 is 28.5. The Morgan fingerprint density at radius 3 is 2.39 bits per heavy atom. The number of benzene rings is 2. The minimum atomic E-state index is -4.01. The number of sulfonamides is 1. The molecule has 0 saturated heterocycles. The number of imide groups is 1. The van der Waals surface area contributed by atoms with Crippen LogP contribution in [0.25, 0.3) is 0 Å². The van der Waals surface area contributed by atoms with Crippen molar-refractivity contribution in [3.05, 3.63) is 82.2 Å². The van der Waals surface area contributed by atoms with E-state index in [2.05, 4.69) is 9.71 Å². The van der Waals surface area contributed by atoms with Crippen LogP contribution in [0.3, 0.4) is 0 Å². The van der Waals surface area contributed by atoms with E-state index in [1.54, 1.807) is 24.4 Å². The Kier molecular flexibility index (Phi) is 6.23. The van der Waals surface area contributed by atoms with Gasteiger partial charge in [-0.25, -0.2) is 13.3 Å². The Labute approximate surface area is 197 Å². The summed E-state index contributed by atoms with van der Waals surface area (Å²) in [6.07, 6.45) is 7.97. The summed E-state index contributed by atoms with van der Waals surface area (Å²) in [6.45, 7) is 4.03. The lowest BCUT2D eigenvalue weighted by Crippen LogP contribution is -2.30. The molecular formula is C24H22ClN3O4S. The van der Waals surface area contributed by atoms with Crippen LogP contribution in [-0.4, -0.2) is 31.3 Å². The molecule has 0 aliphatic carbocycles. The number of halogens is 1. The van der Waals surface area contributed by atoms with Crippen molar-refractivity contribution in [2.24, 2.45) is 4.99 Å². The molecule has 0 radical (unpaired) electrons. The number of anilines is 1. The van der Waals surface area contributed by atoms with Crippen LogP contribution >= 0.6 is 11.6 Å². The summed E-state index contributed by atoms with van der Waals surface area (Å²) in [5.41, 5.74) is 1.19. The van der Waals surface area contributed by atoms with Crippen molar-refractivity contribution < 1.29 is 18.0 Å². The molecule has 2 amide bonds. The average Bonchev–Trinajstić information content (AvgIpc) is 3.02.